The molecule has 9 aromatic carbocycles. The van der Waals surface area contributed by atoms with Crippen LogP contribution >= 0.6 is 11.3 Å². The van der Waals surface area contributed by atoms with Crippen molar-refractivity contribution < 1.29 is 0 Å². The van der Waals surface area contributed by atoms with Crippen LogP contribution in [0.1, 0.15) is 27.8 Å². The highest BCUT2D eigenvalue weighted by Crippen LogP contribution is 2.44. The quantitative estimate of drug-likeness (QED) is 0.158. The molecule has 10 aromatic rings. The van der Waals surface area contributed by atoms with Gasteiger partial charge >= 0.3 is 0 Å². The Bertz CT molecular complexity index is 3530. The number of hydrogen-bond acceptors (Lipinski definition) is 3. The van der Waals surface area contributed by atoms with Crippen LogP contribution in [0.25, 0.3) is 81.2 Å². The van der Waals surface area contributed by atoms with Crippen LogP contribution in [0.3, 0.4) is 0 Å². The molecule has 2 heterocycles. The van der Waals surface area contributed by atoms with Gasteiger partial charge in [0.25, 0.3) is 0 Å². The third-order valence-corrected chi connectivity index (χ3v) is 13.3. The van der Waals surface area contributed by atoms with Gasteiger partial charge in [-0.15, -0.1) is 11.3 Å². The van der Waals surface area contributed by atoms with Gasteiger partial charge in [0, 0.05) is 36.9 Å². The van der Waals surface area contributed by atoms with Crippen LogP contribution in [0.15, 0.2) is 236 Å². The Morgan fingerprint density at radius 1 is 0.397 bits per heavy atom. The van der Waals surface area contributed by atoms with E-state index in [1.807, 2.05) is 35.6 Å². The van der Waals surface area contributed by atoms with Crippen molar-refractivity contribution in [1.82, 2.24) is 0 Å². The molecule has 294 valence electrons. The number of nitriles is 1. The van der Waals surface area contributed by atoms with Crippen molar-refractivity contribution in [2.75, 3.05) is 0 Å². The van der Waals surface area contributed by atoms with Gasteiger partial charge in [-0.3, -0.25) is 0 Å². The molecule has 63 heavy (non-hydrogen) atoms. The lowest BCUT2D eigenvalue weighted by Crippen LogP contribution is -2.08. The van der Waals surface area contributed by atoms with Gasteiger partial charge in [-0.25, -0.2) is 4.99 Å². The van der Waals surface area contributed by atoms with Crippen LogP contribution in [-0.4, -0.2) is 5.71 Å². The second-order valence-electron chi connectivity index (χ2n) is 15.8. The van der Waals surface area contributed by atoms with Crippen molar-refractivity contribution in [2.45, 2.75) is 0 Å². The monoisotopic (exact) mass is 818 g/mol. The van der Waals surface area contributed by atoms with Gasteiger partial charge in [-0.2, -0.15) is 5.26 Å². The Kier molecular flexibility index (Phi) is 9.62. The number of fused-ring (bicyclic) bond motifs is 4. The molecule has 0 atom stereocenters. The minimum Gasteiger partial charge on any atom is -0.247 e. The Hall–Kier alpha value is -8.16. The van der Waals surface area contributed by atoms with Crippen molar-refractivity contribution in [1.29, 1.82) is 5.26 Å². The van der Waals surface area contributed by atoms with Gasteiger partial charge in [-0.1, -0.05) is 201 Å². The van der Waals surface area contributed by atoms with E-state index in [4.69, 9.17) is 11.6 Å². The topological polar surface area (TPSA) is 36.1 Å². The molecule has 0 saturated heterocycles. The molecule has 0 spiro atoms. The van der Waals surface area contributed by atoms with Gasteiger partial charge in [-0.05, 0) is 90.7 Å². The van der Waals surface area contributed by atoms with Crippen molar-refractivity contribution in [3.8, 4) is 39.4 Å². The normalized spacial score (nSPS) is 12.9. The maximum Gasteiger partial charge on any atom is 0.0991 e. The molecule has 0 saturated carbocycles. The fourth-order valence-corrected chi connectivity index (χ4v) is 10.2. The van der Waals surface area contributed by atoms with E-state index in [0.717, 1.165) is 72.6 Å². The standard InChI is InChI=1S/C60H38N2S/c1-39-37-55(45-33-31-44(32-34-45)49-36-35-48(50-17-8-9-18-51(49)50)43-29-27-42(28-30-43)41-25-23-40(38-61)24-26-41)62-59(54-21-12-20-53-52-19-10-11-22-56(52)63-60(53)54)58(47-15-6-3-7-16-47)57(39)46-13-4-2-5-14-46/h2-37H,1H2. The first-order valence-electron chi connectivity index (χ1n) is 21.1. The Morgan fingerprint density at radius 3 is 1.49 bits per heavy atom. The van der Waals surface area contributed by atoms with E-state index >= 15 is 0 Å². The van der Waals surface area contributed by atoms with E-state index in [9.17, 15) is 5.26 Å². The lowest BCUT2D eigenvalue weighted by molar-refractivity contribution is 1.48. The zero-order chi connectivity index (χ0) is 42.3. The second-order valence-corrected chi connectivity index (χ2v) is 16.9. The minimum absolute atomic E-state index is 0.663. The van der Waals surface area contributed by atoms with E-state index in [1.165, 1.54) is 42.1 Å². The molecule has 0 unspecified atom stereocenters. The van der Waals surface area contributed by atoms with E-state index in [2.05, 4.69) is 200 Å². The fourth-order valence-electron chi connectivity index (χ4n) is 9.02. The van der Waals surface area contributed by atoms with Gasteiger partial charge in [0.05, 0.1) is 23.0 Å². The first-order valence-corrected chi connectivity index (χ1v) is 21.9. The minimum atomic E-state index is 0.663. The Balaban J connectivity index is 1.02. The van der Waals surface area contributed by atoms with Crippen LogP contribution in [0.2, 0.25) is 0 Å². The number of rotatable bonds is 7. The summed E-state index contributed by atoms with van der Waals surface area (Å²) in [5.74, 6) is 0. The zero-order valence-electron chi connectivity index (χ0n) is 34.3. The van der Waals surface area contributed by atoms with Crippen LogP contribution in [-0.2, 0) is 0 Å². The lowest BCUT2D eigenvalue weighted by atomic mass is 9.85. The fraction of sp³-hybridized carbons (Fsp3) is 0. The van der Waals surface area contributed by atoms with Crippen molar-refractivity contribution >= 4 is 64.8 Å². The Labute approximate surface area is 371 Å². The largest absolute Gasteiger partial charge is 0.247 e. The van der Waals surface area contributed by atoms with Gasteiger partial charge in [0.1, 0.15) is 0 Å². The molecule has 11 rings (SSSR count). The van der Waals surface area contributed by atoms with Gasteiger partial charge < -0.3 is 0 Å². The third kappa shape index (κ3) is 6.90. The summed E-state index contributed by atoms with van der Waals surface area (Å²) in [7, 11) is 0. The van der Waals surface area contributed by atoms with Crippen molar-refractivity contribution in [2.24, 2.45) is 4.99 Å². The number of aliphatic imine (C=N–C) groups is 1. The summed E-state index contributed by atoms with van der Waals surface area (Å²) in [5, 5.41) is 14.1. The zero-order valence-corrected chi connectivity index (χ0v) is 35.1. The van der Waals surface area contributed by atoms with E-state index in [0.29, 0.717) is 5.56 Å². The highest BCUT2D eigenvalue weighted by molar-refractivity contribution is 7.26. The predicted octanol–water partition coefficient (Wildman–Crippen LogP) is 16.1. The number of benzene rings is 9. The smallest absolute Gasteiger partial charge is 0.0991 e. The molecule has 0 amide bonds. The number of nitrogens with zero attached hydrogens (tertiary/aromatic N) is 2. The first-order chi connectivity index (χ1) is 31.1. The molecule has 0 radical (unpaired) electrons. The van der Waals surface area contributed by atoms with Crippen LogP contribution in [0, 0.1) is 11.3 Å². The van der Waals surface area contributed by atoms with Gasteiger partial charge in [0.15, 0.2) is 0 Å². The highest BCUT2D eigenvalue weighted by atomic mass is 32.1. The summed E-state index contributed by atoms with van der Waals surface area (Å²) < 4.78 is 2.48. The molecule has 3 heteroatoms. The molecular weight excluding hydrogens is 781 g/mol. The summed E-state index contributed by atoms with van der Waals surface area (Å²) in [6, 6.07) is 77.3. The molecule has 0 fully saturated rings. The molecule has 1 aromatic heterocycles. The highest BCUT2D eigenvalue weighted by Gasteiger charge is 2.26. The van der Waals surface area contributed by atoms with E-state index < -0.39 is 0 Å². The van der Waals surface area contributed by atoms with E-state index in [-0.39, 0.29) is 0 Å². The summed E-state index contributed by atoms with van der Waals surface area (Å²) in [6.07, 6.45) is 2.16. The average molecular weight is 819 g/mol. The number of allylic oxidation sites excluding steroid dienone is 4. The first kappa shape index (κ1) is 37.8. The maximum atomic E-state index is 9.24. The van der Waals surface area contributed by atoms with Crippen LogP contribution < -0.4 is 0 Å². The third-order valence-electron chi connectivity index (χ3n) is 12.1. The number of hydrogen-bond donors (Lipinski definition) is 0. The van der Waals surface area contributed by atoms with Crippen LogP contribution in [0.4, 0.5) is 0 Å². The summed E-state index contributed by atoms with van der Waals surface area (Å²) >= 11 is 1.83. The molecule has 0 N–H and O–H groups in total. The molecule has 1 aliphatic rings. The molecule has 1 aliphatic heterocycles. The number of thiophene rings is 1. The maximum absolute atomic E-state index is 9.24. The van der Waals surface area contributed by atoms with Gasteiger partial charge in [0.2, 0.25) is 0 Å². The molecule has 2 nitrogen and oxygen atoms in total. The Morgan fingerprint density at radius 2 is 0.889 bits per heavy atom. The van der Waals surface area contributed by atoms with Crippen molar-refractivity contribution in [3.05, 3.63) is 258 Å². The molecule has 0 bridgehead atoms. The summed E-state index contributed by atoms with van der Waals surface area (Å²) in [6.45, 7) is 4.75. The lowest BCUT2D eigenvalue weighted by Gasteiger charge is -2.18. The second kappa shape index (κ2) is 16.0. The average Bonchev–Trinajstić information content (AvgIpc) is 3.66. The molecular formula is C60H38N2S. The summed E-state index contributed by atoms with van der Waals surface area (Å²) in [5.41, 5.74) is 16.7. The van der Waals surface area contributed by atoms with E-state index in [1.54, 1.807) is 0 Å². The predicted molar refractivity (Wildman–Crippen MR) is 268 cm³/mol. The van der Waals surface area contributed by atoms with Crippen molar-refractivity contribution in [3.63, 3.8) is 0 Å². The van der Waals surface area contributed by atoms with Crippen LogP contribution in [0.5, 0.6) is 0 Å². The molecule has 0 aliphatic carbocycles. The SMILES string of the molecule is C=C1C=C(c2ccc(-c3ccc(-c4ccc(-c5ccc(C#N)cc5)cc4)c4ccccc34)cc2)N=C(c2cccc3c2sc2ccccc23)C(c2ccccc2)=C1c1ccccc1. The summed E-state index contributed by atoms with van der Waals surface area (Å²) in [4.78, 5) is 5.70.